The van der Waals surface area contributed by atoms with Crippen molar-refractivity contribution in [2.24, 2.45) is 12.8 Å². The minimum Gasteiger partial charge on any atom is -0.391 e. The molecule has 5 rings (SSSR count). The Morgan fingerprint density at radius 1 is 1.12 bits per heavy atom. The van der Waals surface area contributed by atoms with Gasteiger partial charge in [0.25, 0.3) is 11.5 Å². The molecule has 1 amide bonds. The number of likely N-dealkylation sites (tertiary alicyclic amines) is 1. The first-order chi connectivity index (χ1) is 15.4. The van der Waals surface area contributed by atoms with Crippen LogP contribution >= 0.6 is 0 Å². The Kier molecular flexibility index (Phi) is 4.96. The fraction of sp³-hybridized carbons (Fsp3) is 0.250. The van der Waals surface area contributed by atoms with Gasteiger partial charge in [0.15, 0.2) is 0 Å². The van der Waals surface area contributed by atoms with Crippen LogP contribution < -0.4 is 11.3 Å². The molecular formula is C24H23N5O3. The second kappa shape index (κ2) is 7.81. The highest BCUT2D eigenvalue weighted by Crippen LogP contribution is 2.24. The average molecular weight is 429 g/mol. The van der Waals surface area contributed by atoms with E-state index in [2.05, 4.69) is 4.98 Å². The molecule has 0 aliphatic carbocycles. The lowest BCUT2D eigenvalue weighted by Crippen LogP contribution is -2.51. The third-order valence-electron chi connectivity index (χ3n) is 5.91. The van der Waals surface area contributed by atoms with Crippen LogP contribution in [-0.2, 0) is 7.05 Å². The van der Waals surface area contributed by atoms with Crippen LogP contribution in [-0.4, -0.2) is 55.7 Å². The summed E-state index contributed by atoms with van der Waals surface area (Å²) in [6.07, 6.45) is 3.31. The van der Waals surface area contributed by atoms with Gasteiger partial charge < -0.3 is 20.3 Å². The van der Waals surface area contributed by atoms with Crippen LogP contribution in [0.5, 0.6) is 0 Å². The van der Waals surface area contributed by atoms with Gasteiger partial charge in [-0.15, -0.1) is 0 Å². The van der Waals surface area contributed by atoms with Gasteiger partial charge in [0.2, 0.25) is 0 Å². The molecule has 2 aromatic heterocycles. The number of hydrogen-bond acceptors (Lipinski definition) is 6. The summed E-state index contributed by atoms with van der Waals surface area (Å²) in [5.74, 6) is -0.185. The molecule has 32 heavy (non-hydrogen) atoms. The molecule has 8 nitrogen and oxygen atoms in total. The first-order valence-corrected chi connectivity index (χ1v) is 10.5. The molecule has 0 saturated carbocycles. The number of nitrogens with zero attached hydrogens (tertiary/aromatic N) is 4. The maximum atomic E-state index is 13.0. The molecule has 162 valence electrons. The van der Waals surface area contributed by atoms with E-state index in [-0.39, 0.29) is 24.1 Å². The summed E-state index contributed by atoms with van der Waals surface area (Å²) >= 11 is 0. The Hall–Kier alpha value is -3.62. The van der Waals surface area contributed by atoms with E-state index < -0.39 is 6.10 Å². The highest BCUT2D eigenvalue weighted by Gasteiger charge is 2.27. The summed E-state index contributed by atoms with van der Waals surface area (Å²) in [4.78, 5) is 36.1. The standard InChI is InChI=1S/C24H23N5O3/c1-28-7-6-14-8-15(2-4-19(14)24(28)32)22-11-26-20-5-3-16(9-21(20)27-22)23(31)29-12-17(25)10-18(30)13-29/h2-9,11,17-18,30H,10,12-13,25H2,1H3/t17-,18+/m1/s1. The number of benzene rings is 2. The molecule has 3 heterocycles. The van der Waals surface area contributed by atoms with Crippen molar-refractivity contribution in [3.8, 4) is 11.3 Å². The topological polar surface area (TPSA) is 114 Å². The highest BCUT2D eigenvalue weighted by atomic mass is 16.3. The average Bonchev–Trinajstić information content (AvgIpc) is 2.79. The summed E-state index contributed by atoms with van der Waals surface area (Å²) in [5.41, 5.74) is 9.15. The number of aliphatic hydroxyl groups is 1. The number of fused-ring (bicyclic) bond motifs is 2. The van der Waals surface area contributed by atoms with Gasteiger partial charge in [-0.1, -0.05) is 6.07 Å². The number of amides is 1. The SMILES string of the molecule is Cn1ccc2cc(-c3cnc4ccc(C(=O)N5C[C@H](N)C[C@H](O)C5)cc4n3)ccc2c1=O. The molecule has 1 fully saturated rings. The lowest BCUT2D eigenvalue weighted by molar-refractivity contribution is 0.0424. The number of pyridine rings is 1. The predicted molar refractivity (Wildman–Crippen MR) is 122 cm³/mol. The van der Waals surface area contributed by atoms with Gasteiger partial charge in [-0.2, -0.15) is 0 Å². The monoisotopic (exact) mass is 429 g/mol. The van der Waals surface area contributed by atoms with Gasteiger partial charge in [-0.05, 0) is 48.2 Å². The van der Waals surface area contributed by atoms with Crippen LogP contribution in [0.1, 0.15) is 16.8 Å². The summed E-state index contributed by atoms with van der Waals surface area (Å²) < 4.78 is 1.55. The Bertz CT molecular complexity index is 1400. The summed E-state index contributed by atoms with van der Waals surface area (Å²) in [6.45, 7) is 0.684. The van der Waals surface area contributed by atoms with Crippen molar-refractivity contribution in [2.75, 3.05) is 13.1 Å². The molecule has 8 heteroatoms. The minimum atomic E-state index is -0.612. The van der Waals surface area contributed by atoms with Gasteiger partial charge in [0, 0.05) is 48.9 Å². The Morgan fingerprint density at radius 2 is 1.97 bits per heavy atom. The molecule has 1 aliphatic rings. The van der Waals surface area contributed by atoms with E-state index in [9.17, 15) is 14.7 Å². The molecular weight excluding hydrogens is 406 g/mol. The summed E-state index contributed by atoms with van der Waals surface area (Å²) in [6, 6.07) is 12.4. The van der Waals surface area contributed by atoms with Crippen LogP contribution in [0.3, 0.4) is 0 Å². The molecule has 2 atom stereocenters. The van der Waals surface area contributed by atoms with E-state index in [1.165, 1.54) is 0 Å². The maximum absolute atomic E-state index is 13.0. The maximum Gasteiger partial charge on any atom is 0.258 e. The summed E-state index contributed by atoms with van der Waals surface area (Å²) in [5, 5.41) is 11.4. The van der Waals surface area contributed by atoms with E-state index in [4.69, 9.17) is 10.7 Å². The Labute approximate surface area is 183 Å². The van der Waals surface area contributed by atoms with Crippen molar-refractivity contribution in [3.63, 3.8) is 0 Å². The second-order valence-electron chi connectivity index (χ2n) is 8.35. The zero-order valence-electron chi connectivity index (χ0n) is 17.6. The van der Waals surface area contributed by atoms with Crippen LogP contribution in [0.15, 0.2) is 59.7 Å². The van der Waals surface area contributed by atoms with Crippen molar-refractivity contribution >= 4 is 27.7 Å². The van der Waals surface area contributed by atoms with Gasteiger partial charge >= 0.3 is 0 Å². The quantitative estimate of drug-likeness (QED) is 0.501. The van der Waals surface area contributed by atoms with Crippen molar-refractivity contribution in [1.29, 1.82) is 0 Å². The molecule has 0 unspecified atom stereocenters. The molecule has 3 N–H and O–H groups in total. The smallest absolute Gasteiger partial charge is 0.258 e. The molecule has 1 saturated heterocycles. The number of β-amino-alcohol motifs (C(OH)–C–C–N with tert-alkyl or cyclic N) is 1. The second-order valence-corrected chi connectivity index (χ2v) is 8.35. The van der Waals surface area contributed by atoms with Crippen LogP contribution in [0.4, 0.5) is 0 Å². The predicted octanol–water partition coefficient (Wildman–Crippen LogP) is 1.68. The van der Waals surface area contributed by atoms with E-state index in [0.717, 1.165) is 10.9 Å². The van der Waals surface area contributed by atoms with E-state index >= 15 is 0 Å². The largest absolute Gasteiger partial charge is 0.391 e. The number of nitrogens with two attached hydrogens (primary N) is 1. The molecule has 4 aromatic rings. The number of aliphatic hydroxyl groups excluding tert-OH is 1. The molecule has 2 aromatic carbocycles. The number of hydrogen-bond donors (Lipinski definition) is 2. The minimum absolute atomic E-state index is 0.0515. The number of aromatic nitrogens is 3. The lowest BCUT2D eigenvalue weighted by Gasteiger charge is -2.34. The third-order valence-corrected chi connectivity index (χ3v) is 5.91. The van der Waals surface area contributed by atoms with E-state index in [1.54, 1.807) is 53.2 Å². The summed E-state index contributed by atoms with van der Waals surface area (Å²) in [7, 11) is 1.72. The number of aryl methyl sites for hydroxylation is 1. The molecule has 1 aliphatic heterocycles. The Morgan fingerprint density at radius 3 is 2.78 bits per heavy atom. The van der Waals surface area contributed by atoms with Crippen molar-refractivity contribution in [3.05, 3.63) is 70.8 Å². The van der Waals surface area contributed by atoms with Crippen LogP contribution in [0, 0.1) is 0 Å². The van der Waals surface area contributed by atoms with Crippen LogP contribution in [0.25, 0.3) is 33.1 Å². The van der Waals surface area contributed by atoms with Gasteiger partial charge in [0.05, 0.1) is 29.0 Å². The van der Waals surface area contributed by atoms with Crippen molar-refractivity contribution in [1.82, 2.24) is 19.4 Å². The number of piperidine rings is 1. The fourth-order valence-corrected chi connectivity index (χ4v) is 4.25. The fourth-order valence-electron chi connectivity index (χ4n) is 4.25. The molecule has 0 bridgehead atoms. The molecule has 0 spiro atoms. The van der Waals surface area contributed by atoms with E-state index in [1.807, 2.05) is 18.2 Å². The zero-order chi connectivity index (χ0) is 22.4. The van der Waals surface area contributed by atoms with E-state index in [0.29, 0.717) is 40.6 Å². The first kappa shape index (κ1) is 20.3. The zero-order valence-corrected chi connectivity index (χ0v) is 17.6. The molecule has 0 radical (unpaired) electrons. The normalized spacial score (nSPS) is 18.9. The van der Waals surface area contributed by atoms with Gasteiger partial charge in [-0.25, -0.2) is 4.98 Å². The van der Waals surface area contributed by atoms with Crippen LogP contribution in [0.2, 0.25) is 0 Å². The van der Waals surface area contributed by atoms with Gasteiger partial charge in [0.1, 0.15) is 0 Å². The number of carbonyl (C=O) groups is 1. The highest BCUT2D eigenvalue weighted by molar-refractivity contribution is 5.97. The van der Waals surface area contributed by atoms with Crippen molar-refractivity contribution in [2.45, 2.75) is 18.6 Å². The third kappa shape index (κ3) is 3.63. The van der Waals surface area contributed by atoms with Crippen molar-refractivity contribution < 1.29 is 9.90 Å². The number of carbonyl (C=O) groups excluding carboxylic acids is 1. The number of rotatable bonds is 2. The first-order valence-electron chi connectivity index (χ1n) is 10.5. The Balaban J connectivity index is 1.51. The van der Waals surface area contributed by atoms with Gasteiger partial charge in [-0.3, -0.25) is 14.6 Å². The lowest BCUT2D eigenvalue weighted by atomic mass is 10.0.